The lowest BCUT2D eigenvalue weighted by molar-refractivity contribution is -0.132. The number of carbonyl (C=O) groups is 2. The van der Waals surface area contributed by atoms with E-state index in [0.29, 0.717) is 25.1 Å². The number of fused-ring (bicyclic) bond motifs is 1. The first-order valence-corrected chi connectivity index (χ1v) is 12.3. The molecule has 4 aromatic rings. The molecule has 1 heterocycles. The summed E-state index contributed by atoms with van der Waals surface area (Å²) in [6, 6.07) is 21.5. The number of hydrogen-bond acceptors (Lipinski definition) is 2. The summed E-state index contributed by atoms with van der Waals surface area (Å²) >= 11 is 0. The standard InChI is InChI=1S/C30H32FN3O2/c1-21(2)34(30(36)24-12-14-26(31)15-13-24)20-29(35)33(19-23-10-8-22(3)9-11-23)17-16-25-18-32-28-7-5-4-6-27(25)28/h4-15,18,21,32H,16-17,19-20H2,1-3H3. The number of nitrogens with one attached hydrogen (secondary N) is 1. The SMILES string of the molecule is Cc1ccc(CN(CCc2c[nH]c3ccccc23)C(=O)CN(C(=O)c2ccc(F)cc2)C(C)C)cc1. The van der Waals surface area contributed by atoms with Crippen molar-refractivity contribution in [3.05, 3.63) is 107 Å². The molecule has 3 aromatic carbocycles. The van der Waals surface area contributed by atoms with Gasteiger partial charge in [0.2, 0.25) is 5.91 Å². The first-order chi connectivity index (χ1) is 17.3. The van der Waals surface area contributed by atoms with Gasteiger partial charge >= 0.3 is 0 Å². The second-order valence-electron chi connectivity index (χ2n) is 9.44. The number of nitrogens with zero attached hydrogens (tertiary/aromatic N) is 2. The minimum Gasteiger partial charge on any atom is -0.361 e. The smallest absolute Gasteiger partial charge is 0.254 e. The molecular formula is C30H32FN3O2. The number of amides is 2. The molecule has 0 saturated heterocycles. The van der Waals surface area contributed by atoms with E-state index in [0.717, 1.165) is 27.6 Å². The number of hydrogen-bond donors (Lipinski definition) is 1. The molecule has 1 aromatic heterocycles. The van der Waals surface area contributed by atoms with Crippen LogP contribution in [0.15, 0.2) is 79.0 Å². The van der Waals surface area contributed by atoms with Gasteiger partial charge in [-0.05, 0) is 68.7 Å². The zero-order chi connectivity index (χ0) is 25.7. The molecule has 186 valence electrons. The number of rotatable bonds is 9. The second kappa shape index (κ2) is 11.2. The number of aryl methyl sites for hydroxylation is 1. The van der Waals surface area contributed by atoms with E-state index in [9.17, 15) is 14.0 Å². The van der Waals surface area contributed by atoms with Crippen molar-refractivity contribution < 1.29 is 14.0 Å². The zero-order valence-electron chi connectivity index (χ0n) is 21.0. The van der Waals surface area contributed by atoms with Crippen LogP contribution in [-0.2, 0) is 17.8 Å². The highest BCUT2D eigenvalue weighted by Gasteiger charge is 2.25. The number of aromatic amines is 1. The molecular weight excluding hydrogens is 453 g/mol. The van der Waals surface area contributed by atoms with Crippen molar-refractivity contribution in [2.24, 2.45) is 0 Å². The molecule has 0 unspecified atom stereocenters. The fourth-order valence-corrected chi connectivity index (χ4v) is 4.29. The molecule has 0 aliphatic heterocycles. The molecule has 4 rings (SSSR count). The van der Waals surface area contributed by atoms with Crippen molar-refractivity contribution in [3.8, 4) is 0 Å². The predicted molar refractivity (Wildman–Crippen MR) is 141 cm³/mol. The third kappa shape index (κ3) is 6.00. The van der Waals surface area contributed by atoms with E-state index in [4.69, 9.17) is 0 Å². The predicted octanol–water partition coefficient (Wildman–Crippen LogP) is 5.74. The Hall–Kier alpha value is -3.93. The Labute approximate surface area is 211 Å². The lowest BCUT2D eigenvalue weighted by Gasteiger charge is -2.30. The van der Waals surface area contributed by atoms with Crippen molar-refractivity contribution in [3.63, 3.8) is 0 Å². The summed E-state index contributed by atoms with van der Waals surface area (Å²) in [4.78, 5) is 33.4. The van der Waals surface area contributed by atoms with Crippen LogP contribution in [0, 0.1) is 12.7 Å². The van der Waals surface area contributed by atoms with E-state index in [1.807, 2.05) is 74.3 Å². The Morgan fingerprint density at radius 1 is 0.944 bits per heavy atom. The number of aromatic nitrogens is 1. The van der Waals surface area contributed by atoms with Gasteiger partial charge in [-0.25, -0.2) is 4.39 Å². The Morgan fingerprint density at radius 2 is 1.64 bits per heavy atom. The summed E-state index contributed by atoms with van der Waals surface area (Å²) in [5, 5.41) is 1.15. The second-order valence-corrected chi connectivity index (χ2v) is 9.44. The highest BCUT2D eigenvalue weighted by atomic mass is 19.1. The minimum absolute atomic E-state index is 0.0480. The first kappa shape index (κ1) is 25.2. The number of halogens is 1. The monoisotopic (exact) mass is 485 g/mol. The summed E-state index contributed by atoms with van der Waals surface area (Å²) in [6.45, 7) is 6.72. The summed E-state index contributed by atoms with van der Waals surface area (Å²) in [5.41, 5.74) is 4.78. The van der Waals surface area contributed by atoms with Gasteiger partial charge in [-0.1, -0.05) is 48.0 Å². The molecule has 0 spiro atoms. The molecule has 6 heteroatoms. The lowest BCUT2D eigenvalue weighted by Crippen LogP contribution is -2.46. The van der Waals surface area contributed by atoms with E-state index in [1.165, 1.54) is 24.3 Å². The van der Waals surface area contributed by atoms with E-state index in [1.54, 1.807) is 4.90 Å². The fraction of sp³-hybridized carbons (Fsp3) is 0.267. The van der Waals surface area contributed by atoms with Crippen molar-refractivity contribution in [1.82, 2.24) is 14.8 Å². The van der Waals surface area contributed by atoms with Crippen molar-refractivity contribution in [2.75, 3.05) is 13.1 Å². The van der Waals surface area contributed by atoms with Crippen LogP contribution in [0.2, 0.25) is 0 Å². The first-order valence-electron chi connectivity index (χ1n) is 12.3. The maximum Gasteiger partial charge on any atom is 0.254 e. The Kier molecular flexibility index (Phi) is 7.84. The van der Waals surface area contributed by atoms with Crippen LogP contribution in [0.3, 0.4) is 0 Å². The van der Waals surface area contributed by atoms with Gasteiger partial charge in [-0.2, -0.15) is 0 Å². The minimum atomic E-state index is -0.403. The third-order valence-corrected chi connectivity index (χ3v) is 6.45. The van der Waals surface area contributed by atoms with Crippen molar-refractivity contribution in [2.45, 2.75) is 39.8 Å². The van der Waals surface area contributed by atoms with Gasteiger partial charge in [0.05, 0.1) is 0 Å². The zero-order valence-corrected chi connectivity index (χ0v) is 21.0. The van der Waals surface area contributed by atoms with Crippen LogP contribution in [-0.4, -0.2) is 45.7 Å². The molecule has 0 aliphatic rings. The third-order valence-electron chi connectivity index (χ3n) is 6.45. The number of para-hydroxylation sites is 1. The maximum atomic E-state index is 13.6. The van der Waals surface area contributed by atoms with Gasteiger partial charge < -0.3 is 14.8 Å². The molecule has 0 bridgehead atoms. The molecule has 36 heavy (non-hydrogen) atoms. The maximum absolute atomic E-state index is 13.6. The highest BCUT2D eigenvalue weighted by Crippen LogP contribution is 2.19. The molecule has 0 fully saturated rings. The topological polar surface area (TPSA) is 56.4 Å². The van der Waals surface area contributed by atoms with Crippen LogP contribution >= 0.6 is 0 Å². The number of benzene rings is 3. The average Bonchev–Trinajstić information content (AvgIpc) is 3.29. The molecule has 0 aliphatic carbocycles. The van der Waals surface area contributed by atoms with E-state index in [2.05, 4.69) is 11.1 Å². The molecule has 0 atom stereocenters. The summed E-state index contributed by atoms with van der Waals surface area (Å²) < 4.78 is 13.4. The summed E-state index contributed by atoms with van der Waals surface area (Å²) in [7, 11) is 0. The van der Waals surface area contributed by atoms with E-state index < -0.39 is 5.82 Å². The van der Waals surface area contributed by atoms with Gasteiger partial charge in [0.25, 0.3) is 5.91 Å². The highest BCUT2D eigenvalue weighted by molar-refractivity contribution is 5.96. The van der Waals surface area contributed by atoms with Crippen molar-refractivity contribution >= 4 is 22.7 Å². The molecule has 1 N–H and O–H groups in total. The van der Waals surface area contributed by atoms with Crippen LogP contribution < -0.4 is 0 Å². The normalized spacial score (nSPS) is 11.1. The Bertz CT molecular complexity index is 1330. The quantitative estimate of drug-likeness (QED) is 0.329. The van der Waals surface area contributed by atoms with Crippen LogP contribution in [0.1, 0.15) is 40.9 Å². The largest absolute Gasteiger partial charge is 0.361 e. The number of H-pyrrole nitrogens is 1. The van der Waals surface area contributed by atoms with Crippen LogP contribution in [0.5, 0.6) is 0 Å². The molecule has 5 nitrogen and oxygen atoms in total. The summed E-state index contributed by atoms with van der Waals surface area (Å²) in [6.07, 6.45) is 2.69. The fourth-order valence-electron chi connectivity index (χ4n) is 4.29. The van der Waals surface area contributed by atoms with Crippen molar-refractivity contribution in [1.29, 1.82) is 0 Å². The van der Waals surface area contributed by atoms with E-state index in [-0.39, 0.29) is 24.4 Å². The molecule has 2 amide bonds. The lowest BCUT2D eigenvalue weighted by atomic mass is 10.1. The van der Waals surface area contributed by atoms with E-state index >= 15 is 0 Å². The Morgan fingerprint density at radius 3 is 2.33 bits per heavy atom. The molecule has 0 saturated carbocycles. The van der Waals surface area contributed by atoms with Gasteiger partial charge in [-0.15, -0.1) is 0 Å². The van der Waals surface area contributed by atoms with Gasteiger partial charge in [0, 0.05) is 41.8 Å². The van der Waals surface area contributed by atoms with Crippen LogP contribution in [0.4, 0.5) is 4.39 Å². The molecule has 0 radical (unpaired) electrons. The average molecular weight is 486 g/mol. The number of carbonyl (C=O) groups excluding carboxylic acids is 2. The summed E-state index contributed by atoms with van der Waals surface area (Å²) in [5.74, 6) is -0.815. The van der Waals surface area contributed by atoms with Gasteiger partial charge in [0.1, 0.15) is 12.4 Å². The Balaban J connectivity index is 1.54. The van der Waals surface area contributed by atoms with Crippen LogP contribution in [0.25, 0.3) is 10.9 Å². The van der Waals surface area contributed by atoms with Gasteiger partial charge in [-0.3, -0.25) is 9.59 Å². The van der Waals surface area contributed by atoms with Gasteiger partial charge in [0.15, 0.2) is 0 Å².